The van der Waals surface area contributed by atoms with E-state index < -0.39 is 30.0 Å². The average molecular weight is 377 g/mol. The van der Waals surface area contributed by atoms with Gasteiger partial charge in [0.1, 0.15) is 5.60 Å². The number of nitrogens with one attached hydrogen (secondary N) is 1. The van der Waals surface area contributed by atoms with Crippen molar-refractivity contribution < 1.29 is 28.1 Å². The zero-order valence-electron chi connectivity index (χ0n) is 17.0. The van der Waals surface area contributed by atoms with Crippen LogP contribution in [0.2, 0.25) is 0 Å². The minimum atomic E-state index is -0.681. The molecule has 1 fully saturated rings. The molecular weight excluding hydrogens is 349 g/mol. The Morgan fingerprint density at radius 1 is 1.22 bits per heavy atom. The van der Waals surface area contributed by atoms with E-state index in [0.29, 0.717) is 17.3 Å². The van der Waals surface area contributed by atoms with Gasteiger partial charge in [0.15, 0.2) is 12.0 Å². The third kappa shape index (κ3) is 5.23. The maximum Gasteiger partial charge on any atom is 0.492 e. The quantitative estimate of drug-likeness (QED) is 0.623. The van der Waals surface area contributed by atoms with Crippen LogP contribution in [0.25, 0.3) is 6.08 Å². The maximum atomic E-state index is 12.0. The molecule has 0 spiro atoms. The lowest BCUT2D eigenvalue weighted by atomic mass is 9.77. The molecule has 0 aromatic carbocycles. The van der Waals surface area contributed by atoms with E-state index in [1.54, 1.807) is 32.9 Å². The summed E-state index contributed by atoms with van der Waals surface area (Å²) in [6.45, 7) is 13.3. The van der Waals surface area contributed by atoms with Crippen LogP contribution in [0.15, 0.2) is 22.2 Å². The molecule has 0 aliphatic carbocycles. The highest BCUT2D eigenvalue weighted by Crippen LogP contribution is 2.38. The van der Waals surface area contributed by atoms with Crippen molar-refractivity contribution in [3.8, 4) is 0 Å². The zero-order valence-corrected chi connectivity index (χ0v) is 17.0. The molecule has 8 heteroatoms. The van der Waals surface area contributed by atoms with Crippen molar-refractivity contribution in [2.45, 2.75) is 65.3 Å². The van der Waals surface area contributed by atoms with Gasteiger partial charge in [-0.05, 0) is 60.0 Å². The Balaban J connectivity index is 2.25. The number of amides is 1. The van der Waals surface area contributed by atoms with Gasteiger partial charge in [0.2, 0.25) is 0 Å². The van der Waals surface area contributed by atoms with Crippen molar-refractivity contribution in [3.63, 3.8) is 0 Å². The van der Waals surface area contributed by atoms with Crippen molar-refractivity contribution >= 4 is 25.6 Å². The second-order valence-corrected chi connectivity index (χ2v) is 8.52. The number of aldehydes is 1. The van der Waals surface area contributed by atoms with Crippen molar-refractivity contribution in [3.05, 3.63) is 29.1 Å². The van der Waals surface area contributed by atoms with Crippen LogP contribution >= 0.6 is 0 Å². The second kappa shape index (κ2) is 7.52. The van der Waals surface area contributed by atoms with Gasteiger partial charge in [0, 0.05) is 12.1 Å². The lowest BCUT2D eigenvalue weighted by molar-refractivity contribution is 0.00578. The monoisotopic (exact) mass is 377 g/mol. The van der Waals surface area contributed by atoms with Gasteiger partial charge >= 0.3 is 13.2 Å². The van der Waals surface area contributed by atoms with E-state index >= 15 is 0 Å². The number of rotatable bonds is 5. The molecule has 0 radical (unpaired) electrons. The first-order chi connectivity index (χ1) is 12.3. The first-order valence-electron chi connectivity index (χ1n) is 8.90. The summed E-state index contributed by atoms with van der Waals surface area (Å²) in [6, 6.07) is 1.67. The van der Waals surface area contributed by atoms with E-state index in [1.165, 1.54) is 6.26 Å². The fraction of sp³-hybridized carbons (Fsp3) is 0.579. The zero-order chi connectivity index (χ0) is 20.5. The van der Waals surface area contributed by atoms with E-state index in [4.69, 9.17) is 18.5 Å². The summed E-state index contributed by atoms with van der Waals surface area (Å²) < 4.78 is 22.6. The normalized spacial score (nSPS) is 19.1. The van der Waals surface area contributed by atoms with Crippen LogP contribution in [-0.4, -0.2) is 42.8 Å². The molecule has 0 unspecified atom stereocenters. The predicted molar refractivity (Wildman–Crippen MR) is 102 cm³/mol. The summed E-state index contributed by atoms with van der Waals surface area (Å²) in [7, 11) is -0.681. The molecule has 1 amide bonds. The molecule has 27 heavy (non-hydrogen) atoms. The van der Waals surface area contributed by atoms with E-state index in [2.05, 4.69) is 5.32 Å². The van der Waals surface area contributed by atoms with Crippen molar-refractivity contribution in [2.24, 2.45) is 0 Å². The summed E-state index contributed by atoms with van der Waals surface area (Å²) in [5.41, 5.74) is -0.447. The highest BCUT2D eigenvalue weighted by Gasteiger charge is 2.52. The topological polar surface area (TPSA) is 87.0 Å². The molecule has 2 rings (SSSR count). The molecule has 0 atom stereocenters. The van der Waals surface area contributed by atoms with Crippen molar-refractivity contribution in [1.82, 2.24) is 5.32 Å². The minimum absolute atomic E-state index is 0.134. The lowest BCUT2D eigenvalue weighted by Crippen LogP contribution is -2.41. The summed E-state index contributed by atoms with van der Waals surface area (Å²) >= 11 is 0. The third-order valence-corrected chi connectivity index (χ3v) is 4.57. The van der Waals surface area contributed by atoms with Crippen LogP contribution in [0, 0.1) is 0 Å². The smallest absolute Gasteiger partial charge is 0.461 e. The second-order valence-electron chi connectivity index (χ2n) is 8.52. The van der Waals surface area contributed by atoms with Crippen LogP contribution in [-0.2, 0) is 14.0 Å². The number of carbonyl (C=O) groups excluding carboxylic acids is 2. The molecule has 1 aromatic heterocycles. The molecule has 1 aromatic rings. The Kier molecular flexibility index (Phi) is 5.92. The molecule has 1 N–H and O–H groups in total. The van der Waals surface area contributed by atoms with Gasteiger partial charge < -0.3 is 23.8 Å². The van der Waals surface area contributed by atoms with Crippen LogP contribution in [0.3, 0.4) is 0 Å². The highest BCUT2D eigenvalue weighted by molar-refractivity contribution is 6.56. The van der Waals surface area contributed by atoms with Gasteiger partial charge in [0.25, 0.3) is 0 Å². The van der Waals surface area contributed by atoms with Crippen molar-refractivity contribution in [1.29, 1.82) is 0 Å². The number of furan rings is 1. The Morgan fingerprint density at radius 2 is 1.81 bits per heavy atom. The molecule has 1 aliphatic heterocycles. The highest BCUT2D eigenvalue weighted by atomic mass is 16.7. The number of hydrogen-bond acceptors (Lipinski definition) is 6. The molecule has 0 bridgehead atoms. The Bertz CT molecular complexity index is 713. The maximum absolute atomic E-state index is 12.0. The molecule has 1 aliphatic rings. The first kappa shape index (κ1) is 21.2. The number of carbonyl (C=O) groups is 2. The average Bonchev–Trinajstić information content (AvgIpc) is 3.03. The number of hydrogen-bond donors (Lipinski definition) is 1. The van der Waals surface area contributed by atoms with E-state index in [1.807, 2.05) is 27.7 Å². The van der Waals surface area contributed by atoms with Gasteiger partial charge in [-0.1, -0.05) is 6.08 Å². The third-order valence-electron chi connectivity index (χ3n) is 4.57. The fourth-order valence-electron chi connectivity index (χ4n) is 2.43. The Hall–Kier alpha value is -2.06. The van der Waals surface area contributed by atoms with Crippen LogP contribution < -0.4 is 5.32 Å². The molecule has 1 saturated heterocycles. The largest absolute Gasteiger partial charge is 0.492 e. The standard InChI is InChI=1S/C19H28BNO6/c1-17(2,3)25-16(23)21-11-14(10-13-8-9-24-15(13)12-22)20-26-18(4,5)19(6,7)27-20/h8-10,12H,11H2,1-7H3,(H,21,23). The minimum Gasteiger partial charge on any atom is -0.461 e. The lowest BCUT2D eigenvalue weighted by Gasteiger charge is -2.32. The predicted octanol–water partition coefficient (Wildman–Crippen LogP) is 3.63. The Labute approximate surface area is 160 Å². The molecular formula is C19H28BNO6. The molecule has 148 valence electrons. The molecule has 7 nitrogen and oxygen atoms in total. The van der Waals surface area contributed by atoms with Crippen LogP contribution in [0.5, 0.6) is 0 Å². The van der Waals surface area contributed by atoms with Gasteiger partial charge in [-0.3, -0.25) is 4.79 Å². The van der Waals surface area contributed by atoms with Crippen LogP contribution in [0.4, 0.5) is 4.79 Å². The van der Waals surface area contributed by atoms with E-state index in [-0.39, 0.29) is 12.3 Å². The summed E-state index contributed by atoms with van der Waals surface area (Å²) in [4.78, 5) is 23.2. The van der Waals surface area contributed by atoms with Crippen molar-refractivity contribution in [2.75, 3.05) is 6.54 Å². The van der Waals surface area contributed by atoms with Crippen LogP contribution in [0.1, 0.15) is 64.6 Å². The van der Waals surface area contributed by atoms with Gasteiger partial charge in [0.05, 0.1) is 17.5 Å². The Morgan fingerprint density at radius 3 is 2.33 bits per heavy atom. The summed E-state index contributed by atoms with van der Waals surface area (Å²) in [5, 5.41) is 2.71. The fourth-order valence-corrected chi connectivity index (χ4v) is 2.43. The molecule has 0 saturated carbocycles. The van der Waals surface area contributed by atoms with Gasteiger partial charge in [-0.15, -0.1) is 0 Å². The first-order valence-corrected chi connectivity index (χ1v) is 8.90. The summed E-state index contributed by atoms with van der Waals surface area (Å²) in [5.74, 6) is 0.196. The summed E-state index contributed by atoms with van der Waals surface area (Å²) in [6.07, 6.45) is 3.24. The van der Waals surface area contributed by atoms with Gasteiger partial charge in [-0.25, -0.2) is 4.79 Å². The van der Waals surface area contributed by atoms with Gasteiger partial charge in [-0.2, -0.15) is 0 Å². The number of alkyl carbamates (subject to hydrolysis) is 1. The van der Waals surface area contributed by atoms with E-state index in [9.17, 15) is 9.59 Å². The number of ether oxygens (including phenoxy) is 1. The molecule has 2 heterocycles. The van der Waals surface area contributed by atoms with E-state index in [0.717, 1.165) is 0 Å². The SMILES string of the molecule is CC(C)(C)OC(=O)NCC(=Cc1ccoc1C=O)B1OC(C)(C)C(C)(C)O1.